The normalized spacial score (nSPS) is 9.62. The first kappa shape index (κ1) is 12.7. The molecule has 5 heteroatoms. The molecule has 0 atom stereocenters. The topological polar surface area (TPSA) is 58.2 Å². The molecule has 0 aliphatic heterocycles. The predicted molar refractivity (Wildman–Crippen MR) is 66.1 cm³/mol. The van der Waals surface area contributed by atoms with Crippen LogP contribution >= 0.6 is 15.9 Å². The lowest BCUT2D eigenvalue weighted by atomic mass is 10.3. The second-order valence-corrected chi connectivity index (χ2v) is 4.04. The van der Waals surface area contributed by atoms with E-state index in [1.807, 2.05) is 13.0 Å². The van der Waals surface area contributed by atoms with Gasteiger partial charge >= 0.3 is 11.8 Å². The summed E-state index contributed by atoms with van der Waals surface area (Å²) in [7, 11) is 0. The van der Waals surface area contributed by atoms with E-state index in [1.54, 1.807) is 18.2 Å². The molecule has 0 saturated heterocycles. The molecule has 0 aliphatic carbocycles. The van der Waals surface area contributed by atoms with Crippen LogP contribution in [0.4, 0.5) is 5.69 Å². The average molecular weight is 285 g/mol. The van der Waals surface area contributed by atoms with Crippen molar-refractivity contribution in [1.29, 1.82) is 0 Å². The van der Waals surface area contributed by atoms with Gasteiger partial charge in [-0.3, -0.25) is 9.59 Å². The van der Waals surface area contributed by atoms with Crippen LogP contribution in [0.3, 0.4) is 0 Å². The maximum atomic E-state index is 11.4. The Kier molecular flexibility index (Phi) is 4.98. The number of amides is 2. The summed E-state index contributed by atoms with van der Waals surface area (Å²) in [5.74, 6) is -1.27. The number of halogens is 1. The minimum atomic E-state index is -0.652. The summed E-state index contributed by atoms with van der Waals surface area (Å²) in [6, 6.07) is 7.12. The van der Waals surface area contributed by atoms with Gasteiger partial charge in [0.15, 0.2) is 0 Å². The Balaban J connectivity index is 2.58. The smallest absolute Gasteiger partial charge is 0.313 e. The fourth-order valence-electron chi connectivity index (χ4n) is 1.06. The van der Waals surface area contributed by atoms with Crippen LogP contribution in [0.15, 0.2) is 28.7 Å². The summed E-state index contributed by atoms with van der Waals surface area (Å²) in [6.45, 7) is 2.42. The van der Waals surface area contributed by atoms with Crippen LogP contribution in [0.5, 0.6) is 0 Å². The Hall–Kier alpha value is -1.36. The van der Waals surface area contributed by atoms with E-state index in [9.17, 15) is 9.59 Å². The van der Waals surface area contributed by atoms with Crippen LogP contribution in [0.2, 0.25) is 0 Å². The highest BCUT2D eigenvalue weighted by molar-refractivity contribution is 9.10. The van der Waals surface area contributed by atoms with E-state index in [0.29, 0.717) is 12.2 Å². The molecule has 0 heterocycles. The third-order valence-electron chi connectivity index (χ3n) is 1.86. The molecule has 0 aliphatic rings. The zero-order chi connectivity index (χ0) is 12.0. The van der Waals surface area contributed by atoms with Crippen molar-refractivity contribution in [2.45, 2.75) is 13.3 Å². The predicted octanol–water partition coefficient (Wildman–Crippen LogP) is 1.91. The second kappa shape index (κ2) is 6.27. The number of carbonyl (C=O) groups is 2. The van der Waals surface area contributed by atoms with Gasteiger partial charge in [0.2, 0.25) is 0 Å². The molecule has 86 valence electrons. The molecule has 2 N–H and O–H groups in total. The molecule has 16 heavy (non-hydrogen) atoms. The van der Waals surface area contributed by atoms with Crippen molar-refractivity contribution in [1.82, 2.24) is 5.32 Å². The van der Waals surface area contributed by atoms with Gasteiger partial charge in [0.25, 0.3) is 0 Å². The lowest BCUT2D eigenvalue weighted by Crippen LogP contribution is -2.35. The summed E-state index contributed by atoms with van der Waals surface area (Å²) < 4.78 is 0.742. The number of para-hydroxylation sites is 1. The van der Waals surface area contributed by atoms with Crippen molar-refractivity contribution in [3.05, 3.63) is 28.7 Å². The van der Waals surface area contributed by atoms with Gasteiger partial charge in [-0.05, 0) is 34.5 Å². The lowest BCUT2D eigenvalue weighted by Gasteiger charge is -2.06. The number of benzene rings is 1. The molecule has 0 fully saturated rings. The van der Waals surface area contributed by atoms with Gasteiger partial charge in [-0.1, -0.05) is 19.1 Å². The first-order chi connectivity index (χ1) is 7.65. The molecule has 0 bridgehead atoms. The summed E-state index contributed by atoms with van der Waals surface area (Å²) in [4.78, 5) is 22.7. The van der Waals surface area contributed by atoms with Crippen LogP contribution in [-0.4, -0.2) is 18.4 Å². The van der Waals surface area contributed by atoms with Crippen molar-refractivity contribution in [3.8, 4) is 0 Å². The van der Waals surface area contributed by atoms with Crippen molar-refractivity contribution in [2.24, 2.45) is 0 Å². The number of hydrogen-bond donors (Lipinski definition) is 2. The second-order valence-electron chi connectivity index (χ2n) is 3.19. The molecule has 2 amide bonds. The molecule has 0 unspecified atom stereocenters. The Morgan fingerprint density at radius 3 is 2.56 bits per heavy atom. The Morgan fingerprint density at radius 1 is 1.25 bits per heavy atom. The first-order valence-electron chi connectivity index (χ1n) is 4.99. The molecular formula is C11H13BrN2O2. The van der Waals surface area contributed by atoms with E-state index >= 15 is 0 Å². The van der Waals surface area contributed by atoms with Crippen molar-refractivity contribution in [2.75, 3.05) is 11.9 Å². The largest absolute Gasteiger partial charge is 0.348 e. The number of hydrogen-bond acceptors (Lipinski definition) is 2. The summed E-state index contributed by atoms with van der Waals surface area (Å²) in [5.41, 5.74) is 0.583. The molecule has 0 saturated carbocycles. The Labute approximate surface area is 103 Å². The van der Waals surface area contributed by atoms with Gasteiger partial charge in [0.1, 0.15) is 0 Å². The van der Waals surface area contributed by atoms with Crippen LogP contribution in [0.25, 0.3) is 0 Å². The molecule has 1 aromatic carbocycles. The van der Waals surface area contributed by atoms with Crippen molar-refractivity contribution in [3.63, 3.8) is 0 Å². The number of carbonyl (C=O) groups excluding carboxylic acids is 2. The summed E-state index contributed by atoms with van der Waals surface area (Å²) >= 11 is 3.28. The maximum Gasteiger partial charge on any atom is 0.313 e. The quantitative estimate of drug-likeness (QED) is 0.833. The van der Waals surface area contributed by atoms with Crippen LogP contribution in [0.1, 0.15) is 13.3 Å². The highest BCUT2D eigenvalue weighted by Crippen LogP contribution is 2.20. The summed E-state index contributed by atoms with van der Waals surface area (Å²) in [5, 5.41) is 5.03. The summed E-state index contributed by atoms with van der Waals surface area (Å²) in [6.07, 6.45) is 0.800. The van der Waals surface area contributed by atoms with E-state index < -0.39 is 11.8 Å². The molecule has 0 aromatic heterocycles. The molecule has 0 radical (unpaired) electrons. The van der Waals surface area contributed by atoms with Crippen molar-refractivity contribution >= 4 is 33.4 Å². The molecule has 1 aromatic rings. The SMILES string of the molecule is CCCNC(=O)C(=O)Nc1ccccc1Br. The third kappa shape index (κ3) is 3.66. The van der Waals surface area contributed by atoms with Gasteiger partial charge in [0.05, 0.1) is 5.69 Å². The highest BCUT2D eigenvalue weighted by atomic mass is 79.9. The van der Waals surface area contributed by atoms with E-state index in [0.717, 1.165) is 10.9 Å². The number of rotatable bonds is 3. The molecule has 1 rings (SSSR count). The molecular weight excluding hydrogens is 272 g/mol. The monoisotopic (exact) mass is 284 g/mol. The van der Waals surface area contributed by atoms with Crippen molar-refractivity contribution < 1.29 is 9.59 Å². The lowest BCUT2D eigenvalue weighted by molar-refractivity contribution is -0.136. The fraction of sp³-hybridized carbons (Fsp3) is 0.273. The minimum absolute atomic E-state index is 0.502. The zero-order valence-electron chi connectivity index (χ0n) is 8.92. The van der Waals surface area contributed by atoms with Gasteiger partial charge in [-0.15, -0.1) is 0 Å². The van der Waals surface area contributed by atoms with Crippen LogP contribution in [0, 0.1) is 0 Å². The van der Waals surface area contributed by atoms with E-state index in [1.165, 1.54) is 0 Å². The zero-order valence-corrected chi connectivity index (χ0v) is 10.5. The van der Waals surface area contributed by atoms with Crippen LogP contribution < -0.4 is 10.6 Å². The van der Waals surface area contributed by atoms with Gasteiger partial charge in [-0.25, -0.2) is 0 Å². The average Bonchev–Trinajstić information content (AvgIpc) is 2.28. The Bertz CT molecular complexity index is 393. The van der Waals surface area contributed by atoms with Gasteiger partial charge in [0, 0.05) is 11.0 Å². The third-order valence-corrected chi connectivity index (χ3v) is 2.56. The minimum Gasteiger partial charge on any atom is -0.348 e. The van der Waals surface area contributed by atoms with E-state index in [4.69, 9.17) is 0 Å². The van der Waals surface area contributed by atoms with Gasteiger partial charge < -0.3 is 10.6 Å². The first-order valence-corrected chi connectivity index (χ1v) is 5.78. The van der Waals surface area contributed by atoms with Gasteiger partial charge in [-0.2, -0.15) is 0 Å². The van der Waals surface area contributed by atoms with E-state index in [2.05, 4.69) is 26.6 Å². The van der Waals surface area contributed by atoms with Crippen LogP contribution in [-0.2, 0) is 9.59 Å². The number of nitrogens with one attached hydrogen (secondary N) is 2. The molecule has 0 spiro atoms. The highest BCUT2D eigenvalue weighted by Gasteiger charge is 2.13. The fourth-order valence-corrected chi connectivity index (χ4v) is 1.44. The van der Waals surface area contributed by atoms with E-state index in [-0.39, 0.29) is 0 Å². The standard InChI is InChI=1S/C11H13BrN2O2/c1-2-7-13-10(15)11(16)14-9-6-4-3-5-8(9)12/h3-6H,2,7H2,1H3,(H,13,15)(H,14,16). The number of anilines is 1. The Morgan fingerprint density at radius 2 is 1.94 bits per heavy atom. The molecule has 4 nitrogen and oxygen atoms in total. The maximum absolute atomic E-state index is 11.4.